The quantitative estimate of drug-likeness (QED) is 0.463. The topological polar surface area (TPSA) is 76.8 Å². The molecule has 1 unspecified atom stereocenters. The summed E-state index contributed by atoms with van der Waals surface area (Å²) in [5.74, 6) is 0.489. The Balaban J connectivity index is 2.71. The second kappa shape index (κ2) is 10.8. The molecule has 1 rings (SSSR count). The van der Waals surface area contributed by atoms with Gasteiger partial charge in [-0.05, 0) is 44.5 Å². The number of methoxy groups -OCH3 is 1. The van der Waals surface area contributed by atoms with Gasteiger partial charge in [-0.1, -0.05) is 23.7 Å². The number of primary amides is 1. The summed E-state index contributed by atoms with van der Waals surface area (Å²) >= 11 is 6.09. The molecule has 0 fully saturated rings. The zero-order valence-electron chi connectivity index (χ0n) is 15.1. The molecule has 0 aliphatic carbocycles. The van der Waals surface area contributed by atoms with E-state index in [2.05, 4.69) is 11.9 Å². The second-order valence-electron chi connectivity index (χ2n) is 5.88. The van der Waals surface area contributed by atoms with Crippen LogP contribution in [0.25, 0.3) is 0 Å². The van der Waals surface area contributed by atoms with Crippen LogP contribution in [0.5, 0.6) is 0 Å². The van der Waals surface area contributed by atoms with Crippen LogP contribution in [0.3, 0.4) is 0 Å². The number of nitrogens with two attached hydrogens (primary N) is 1. The van der Waals surface area contributed by atoms with Crippen molar-refractivity contribution in [2.24, 2.45) is 5.73 Å². The Hall–Kier alpha value is -1.92. The molecule has 0 saturated carbocycles. The van der Waals surface area contributed by atoms with E-state index in [4.69, 9.17) is 26.8 Å². The predicted molar refractivity (Wildman–Crippen MR) is 100 cm³/mol. The molecule has 0 bridgehead atoms. The molecular formula is C18H28ClN3O3. The largest absolute Gasteiger partial charge is 0.483 e. The maximum atomic E-state index is 11.6. The van der Waals surface area contributed by atoms with Crippen LogP contribution in [0.1, 0.15) is 31.9 Å². The number of halogens is 1. The molecular weight excluding hydrogens is 342 g/mol. The number of ether oxygens (including phenoxy) is 2. The van der Waals surface area contributed by atoms with Crippen molar-refractivity contribution in [3.63, 3.8) is 0 Å². The lowest BCUT2D eigenvalue weighted by Crippen LogP contribution is -2.41. The number of amides is 2. The number of hydrogen-bond donors (Lipinski definition) is 2. The summed E-state index contributed by atoms with van der Waals surface area (Å²) in [6.45, 7) is 9.08. The van der Waals surface area contributed by atoms with Crippen molar-refractivity contribution in [1.29, 1.82) is 0 Å². The number of rotatable bonds is 11. The van der Waals surface area contributed by atoms with Gasteiger partial charge < -0.3 is 25.4 Å². The van der Waals surface area contributed by atoms with Gasteiger partial charge >= 0.3 is 6.03 Å². The molecule has 0 radical (unpaired) electrons. The van der Waals surface area contributed by atoms with Crippen LogP contribution in [-0.4, -0.2) is 43.8 Å². The summed E-state index contributed by atoms with van der Waals surface area (Å²) in [5, 5.41) is 3.65. The Morgan fingerprint density at radius 3 is 2.72 bits per heavy atom. The first kappa shape index (κ1) is 21.1. The highest BCUT2D eigenvalue weighted by atomic mass is 35.5. The summed E-state index contributed by atoms with van der Waals surface area (Å²) in [6.07, 6.45) is 0.420. The maximum Gasteiger partial charge on any atom is 0.315 e. The Bertz CT molecular complexity index is 566. The predicted octanol–water partition coefficient (Wildman–Crippen LogP) is 3.28. The molecule has 1 atom stereocenters. The van der Waals surface area contributed by atoms with Gasteiger partial charge in [0.2, 0.25) is 0 Å². The van der Waals surface area contributed by atoms with E-state index in [1.165, 1.54) is 0 Å². The van der Waals surface area contributed by atoms with Crippen LogP contribution in [0.15, 0.2) is 36.7 Å². The number of carbonyl (C=O) groups is 1. The average Bonchev–Trinajstić information content (AvgIpc) is 2.55. The molecule has 25 heavy (non-hydrogen) atoms. The molecule has 1 aromatic carbocycles. The molecule has 0 aromatic heterocycles. The van der Waals surface area contributed by atoms with E-state index >= 15 is 0 Å². The minimum absolute atomic E-state index is 0.0317. The van der Waals surface area contributed by atoms with Gasteiger partial charge in [-0.15, -0.1) is 0 Å². The first-order chi connectivity index (χ1) is 11.8. The highest BCUT2D eigenvalue weighted by molar-refractivity contribution is 6.30. The smallest absolute Gasteiger partial charge is 0.315 e. The van der Waals surface area contributed by atoms with Gasteiger partial charge in [0.1, 0.15) is 0 Å². The van der Waals surface area contributed by atoms with Gasteiger partial charge in [-0.25, -0.2) is 4.79 Å². The molecule has 0 aliphatic heterocycles. The van der Waals surface area contributed by atoms with Crippen LogP contribution in [-0.2, 0) is 9.47 Å². The summed E-state index contributed by atoms with van der Waals surface area (Å²) in [7, 11) is 1.55. The first-order valence-corrected chi connectivity index (χ1v) is 8.62. The third-order valence-electron chi connectivity index (χ3n) is 3.75. The van der Waals surface area contributed by atoms with Crippen molar-refractivity contribution in [1.82, 2.24) is 10.2 Å². The second-order valence-corrected chi connectivity index (χ2v) is 6.32. The van der Waals surface area contributed by atoms with E-state index in [1.54, 1.807) is 12.0 Å². The number of benzene rings is 1. The zero-order valence-corrected chi connectivity index (χ0v) is 15.9. The van der Waals surface area contributed by atoms with Crippen molar-refractivity contribution in [3.8, 4) is 0 Å². The number of carbonyl (C=O) groups excluding carboxylic acids is 1. The Kier molecular flexibility index (Phi) is 9.16. The normalized spacial score (nSPS) is 11.9. The van der Waals surface area contributed by atoms with Crippen molar-refractivity contribution < 1.29 is 14.3 Å². The van der Waals surface area contributed by atoms with Gasteiger partial charge in [-0.2, -0.15) is 0 Å². The monoisotopic (exact) mass is 369 g/mol. The zero-order chi connectivity index (χ0) is 18.8. The molecule has 6 nitrogen and oxygen atoms in total. The highest BCUT2D eigenvalue weighted by Gasteiger charge is 2.18. The molecule has 140 valence electrons. The van der Waals surface area contributed by atoms with E-state index < -0.39 is 6.03 Å². The van der Waals surface area contributed by atoms with E-state index in [0.717, 1.165) is 5.56 Å². The van der Waals surface area contributed by atoms with Crippen molar-refractivity contribution >= 4 is 17.6 Å². The molecule has 0 spiro atoms. The Morgan fingerprint density at radius 2 is 2.16 bits per heavy atom. The number of nitrogens with zero attached hydrogens (tertiary/aromatic N) is 1. The average molecular weight is 370 g/mol. The SMILES string of the molecule is C=C(NCCOC(CCN(C(N)=O)C(C)C)c1cccc(Cl)c1)OC. The maximum absolute atomic E-state index is 11.6. The highest BCUT2D eigenvalue weighted by Crippen LogP contribution is 2.24. The standard InChI is InChI=1S/C18H28ClN3O3/c1-13(2)22(18(20)23)10-8-17(15-6-5-7-16(19)12-15)25-11-9-21-14(3)24-4/h5-7,12-13,17,21H,3,8-11H2,1-2,4H3,(H2,20,23). The number of nitrogens with one attached hydrogen (secondary N) is 1. The van der Waals surface area contributed by atoms with Gasteiger partial charge in [0.05, 0.1) is 19.8 Å². The van der Waals surface area contributed by atoms with Crippen molar-refractivity contribution in [3.05, 3.63) is 47.3 Å². The van der Waals surface area contributed by atoms with E-state index in [-0.39, 0.29) is 12.1 Å². The Morgan fingerprint density at radius 1 is 1.44 bits per heavy atom. The number of hydrogen-bond acceptors (Lipinski definition) is 4. The molecule has 0 aliphatic rings. The van der Waals surface area contributed by atoms with Crippen LogP contribution >= 0.6 is 11.6 Å². The van der Waals surface area contributed by atoms with Gasteiger partial charge in [0, 0.05) is 24.2 Å². The third-order valence-corrected chi connectivity index (χ3v) is 3.98. The lowest BCUT2D eigenvalue weighted by Gasteiger charge is -2.27. The molecule has 0 saturated heterocycles. The van der Waals surface area contributed by atoms with E-state index in [9.17, 15) is 4.79 Å². The Labute approximate surface area is 154 Å². The van der Waals surface area contributed by atoms with Gasteiger partial charge in [0.25, 0.3) is 0 Å². The molecule has 2 amide bonds. The lowest BCUT2D eigenvalue weighted by molar-refractivity contribution is 0.0409. The lowest BCUT2D eigenvalue weighted by atomic mass is 10.1. The van der Waals surface area contributed by atoms with Crippen LogP contribution < -0.4 is 11.1 Å². The number of urea groups is 1. The molecule has 7 heteroatoms. The minimum atomic E-state index is -0.432. The van der Waals surface area contributed by atoms with E-state index in [1.807, 2.05) is 38.1 Å². The van der Waals surface area contributed by atoms with E-state index in [0.29, 0.717) is 37.0 Å². The van der Waals surface area contributed by atoms with Crippen LogP contribution in [0, 0.1) is 0 Å². The van der Waals surface area contributed by atoms with Gasteiger partial charge in [-0.3, -0.25) is 0 Å². The molecule has 1 aromatic rings. The molecule has 3 N–H and O–H groups in total. The van der Waals surface area contributed by atoms with Gasteiger partial charge in [0.15, 0.2) is 5.88 Å². The summed E-state index contributed by atoms with van der Waals surface area (Å²) in [5.41, 5.74) is 6.41. The summed E-state index contributed by atoms with van der Waals surface area (Å²) < 4.78 is 10.9. The van der Waals surface area contributed by atoms with Crippen LogP contribution in [0.2, 0.25) is 5.02 Å². The summed E-state index contributed by atoms with van der Waals surface area (Å²) in [6, 6.07) is 7.13. The molecule has 0 heterocycles. The fraction of sp³-hybridized carbons (Fsp3) is 0.500. The minimum Gasteiger partial charge on any atom is -0.483 e. The fourth-order valence-corrected chi connectivity index (χ4v) is 2.59. The third kappa shape index (κ3) is 7.67. The summed E-state index contributed by atoms with van der Waals surface area (Å²) in [4.78, 5) is 13.2. The van der Waals surface area contributed by atoms with Crippen molar-refractivity contribution in [2.45, 2.75) is 32.4 Å². The fourth-order valence-electron chi connectivity index (χ4n) is 2.40. The van der Waals surface area contributed by atoms with Crippen LogP contribution in [0.4, 0.5) is 4.79 Å². The first-order valence-electron chi connectivity index (χ1n) is 8.25. The van der Waals surface area contributed by atoms with Crippen molar-refractivity contribution in [2.75, 3.05) is 26.8 Å².